The molecule has 1 aliphatic carbocycles. The van der Waals surface area contributed by atoms with Crippen LogP contribution in [0.1, 0.15) is 43.2 Å². The van der Waals surface area contributed by atoms with Crippen LogP contribution in [-0.2, 0) is 17.8 Å². The van der Waals surface area contributed by atoms with E-state index >= 15 is 0 Å². The number of fused-ring (bicyclic) bond motifs is 1. The van der Waals surface area contributed by atoms with Crippen molar-refractivity contribution in [2.45, 2.75) is 45.1 Å². The molecule has 4 rings (SSSR count). The van der Waals surface area contributed by atoms with E-state index in [9.17, 15) is 14.0 Å². The molecule has 0 spiro atoms. The van der Waals surface area contributed by atoms with E-state index in [2.05, 4.69) is 16.7 Å². The Hall–Kier alpha value is -2.89. The Bertz CT molecular complexity index is 909. The second-order valence-corrected chi connectivity index (χ2v) is 7.89. The van der Waals surface area contributed by atoms with Crippen LogP contribution in [0.15, 0.2) is 42.5 Å². The normalized spacial score (nSPS) is 16.8. The summed E-state index contributed by atoms with van der Waals surface area (Å²) in [7, 11) is 0. The second-order valence-electron chi connectivity index (χ2n) is 7.89. The maximum Gasteiger partial charge on any atom is 0.322 e. The van der Waals surface area contributed by atoms with Gasteiger partial charge in [0.15, 0.2) is 0 Å². The highest BCUT2D eigenvalue weighted by Crippen LogP contribution is 2.27. The first-order valence-electron chi connectivity index (χ1n) is 10.3. The Morgan fingerprint density at radius 3 is 2.52 bits per heavy atom. The summed E-state index contributed by atoms with van der Waals surface area (Å²) in [6.07, 6.45) is 5.74. The number of amides is 3. The smallest absolute Gasteiger partial charge is 0.322 e. The van der Waals surface area contributed by atoms with Crippen LogP contribution in [0.4, 0.5) is 20.6 Å². The standard InChI is InChI=1S/C23H26FN3O2/c24-20-11-10-19(14-21(20)26-22(28)17-7-2-1-3-8-17)25-23(29)27-13-12-16-6-4-5-9-18(16)15-27/h4-6,9-11,14,17H,1-3,7-8,12-13,15H2,(H,25,29)(H,26,28). The van der Waals surface area contributed by atoms with E-state index in [0.717, 1.165) is 44.1 Å². The molecule has 0 saturated heterocycles. The number of urea groups is 1. The summed E-state index contributed by atoms with van der Waals surface area (Å²) in [6, 6.07) is 12.2. The van der Waals surface area contributed by atoms with Crippen molar-refractivity contribution in [1.82, 2.24) is 4.90 Å². The van der Waals surface area contributed by atoms with E-state index in [1.165, 1.54) is 23.8 Å². The van der Waals surface area contributed by atoms with E-state index in [1.807, 2.05) is 18.2 Å². The summed E-state index contributed by atoms with van der Waals surface area (Å²) < 4.78 is 14.2. The van der Waals surface area contributed by atoms with Crippen LogP contribution in [0.3, 0.4) is 0 Å². The largest absolute Gasteiger partial charge is 0.323 e. The maximum atomic E-state index is 14.2. The lowest BCUT2D eigenvalue weighted by Gasteiger charge is -2.29. The van der Waals surface area contributed by atoms with Gasteiger partial charge in [0.05, 0.1) is 5.69 Å². The zero-order chi connectivity index (χ0) is 20.2. The minimum Gasteiger partial charge on any atom is -0.323 e. The highest BCUT2D eigenvalue weighted by atomic mass is 19.1. The molecule has 2 N–H and O–H groups in total. The Morgan fingerprint density at radius 2 is 1.72 bits per heavy atom. The zero-order valence-electron chi connectivity index (χ0n) is 16.4. The molecule has 1 fully saturated rings. The van der Waals surface area contributed by atoms with Crippen LogP contribution in [-0.4, -0.2) is 23.4 Å². The molecule has 3 amide bonds. The summed E-state index contributed by atoms with van der Waals surface area (Å²) in [4.78, 5) is 26.9. The van der Waals surface area contributed by atoms with E-state index < -0.39 is 5.82 Å². The number of rotatable bonds is 3. The van der Waals surface area contributed by atoms with Gasteiger partial charge in [-0.1, -0.05) is 43.5 Å². The third-order valence-electron chi connectivity index (χ3n) is 5.87. The molecule has 1 saturated carbocycles. The number of hydrogen-bond acceptors (Lipinski definition) is 2. The van der Waals surface area contributed by atoms with Crippen molar-refractivity contribution in [3.63, 3.8) is 0 Å². The highest BCUT2D eigenvalue weighted by molar-refractivity contribution is 5.94. The van der Waals surface area contributed by atoms with Crippen LogP contribution in [0.5, 0.6) is 0 Å². The van der Waals surface area contributed by atoms with Gasteiger partial charge in [0.2, 0.25) is 5.91 Å². The van der Waals surface area contributed by atoms with Crippen molar-refractivity contribution in [2.24, 2.45) is 5.92 Å². The third-order valence-corrected chi connectivity index (χ3v) is 5.87. The Balaban J connectivity index is 1.41. The van der Waals surface area contributed by atoms with Crippen LogP contribution in [0.2, 0.25) is 0 Å². The number of carbonyl (C=O) groups is 2. The van der Waals surface area contributed by atoms with Gasteiger partial charge in [0, 0.05) is 24.7 Å². The van der Waals surface area contributed by atoms with E-state index in [0.29, 0.717) is 18.8 Å². The number of anilines is 2. The van der Waals surface area contributed by atoms with Crippen LogP contribution < -0.4 is 10.6 Å². The van der Waals surface area contributed by atoms with Crippen molar-refractivity contribution >= 4 is 23.3 Å². The molecule has 0 radical (unpaired) electrons. The van der Waals surface area contributed by atoms with E-state index in [-0.39, 0.29) is 23.5 Å². The monoisotopic (exact) mass is 395 g/mol. The molecule has 1 heterocycles. The number of nitrogens with zero attached hydrogens (tertiary/aromatic N) is 1. The molecule has 29 heavy (non-hydrogen) atoms. The predicted octanol–water partition coefficient (Wildman–Crippen LogP) is 4.93. The molecule has 2 aromatic rings. The fourth-order valence-electron chi connectivity index (χ4n) is 4.17. The predicted molar refractivity (Wildman–Crippen MR) is 111 cm³/mol. The molecule has 0 aromatic heterocycles. The Labute approximate surface area is 170 Å². The fourth-order valence-corrected chi connectivity index (χ4v) is 4.17. The van der Waals surface area contributed by atoms with Gasteiger partial charge >= 0.3 is 6.03 Å². The SMILES string of the molecule is O=C(Nc1cc(NC(=O)N2CCc3ccccc3C2)ccc1F)C1CCCCC1. The van der Waals surface area contributed by atoms with E-state index in [1.54, 1.807) is 4.90 Å². The lowest BCUT2D eigenvalue weighted by molar-refractivity contribution is -0.120. The number of nitrogens with one attached hydrogen (secondary N) is 2. The molecular formula is C23H26FN3O2. The highest BCUT2D eigenvalue weighted by Gasteiger charge is 2.23. The van der Waals surface area contributed by atoms with Gasteiger partial charge < -0.3 is 15.5 Å². The van der Waals surface area contributed by atoms with Gasteiger partial charge in [-0.25, -0.2) is 9.18 Å². The number of benzene rings is 2. The summed E-state index contributed by atoms with van der Waals surface area (Å²) in [5, 5.41) is 5.54. The second kappa shape index (κ2) is 8.64. The fraction of sp³-hybridized carbons (Fsp3) is 0.391. The van der Waals surface area contributed by atoms with Crippen molar-refractivity contribution in [1.29, 1.82) is 0 Å². The Morgan fingerprint density at radius 1 is 0.966 bits per heavy atom. The molecule has 152 valence electrons. The molecule has 2 aliphatic rings. The number of halogens is 1. The zero-order valence-corrected chi connectivity index (χ0v) is 16.4. The van der Waals surface area contributed by atoms with Crippen molar-refractivity contribution in [3.05, 3.63) is 59.4 Å². The van der Waals surface area contributed by atoms with Gasteiger partial charge in [0.25, 0.3) is 0 Å². The molecule has 0 bridgehead atoms. The van der Waals surface area contributed by atoms with Gasteiger partial charge in [-0.15, -0.1) is 0 Å². The van der Waals surface area contributed by atoms with Gasteiger partial charge in [0.1, 0.15) is 5.82 Å². The topological polar surface area (TPSA) is 61.4 Å². The van der Waals surface area contributed by atoms with Crippen LogP contribution >= 0.6 is 0 Å². The quantitative estimate of drug-likeness (QED) is 0.774. The lowest BCUT2D eigenvalue weighted by atomic mass is 9.88. The van der Waals surface area contributed by atoms with Crippen molar-refractivity contribution in [3.8, 4) is 0 Å². The minimum atomic E-state index is -0.501. The number of carbonyl (C=O) groups excluding carboxylic acids is 2. The average molecular weight is 395 g/mol. The number of hydrogen-bond donors (Lipinski definition) is 2. The lowest BCUT2D eigenvalue weighted by Crippen LogP contribution is -2.38. The maximum absolute atomic E-state index is 14.2. The molecule has 2 aromatic carbocycles. The van der Waals surface area contributed by atoms with Crippen molar-refractivity contribution < 1.29 is 14.0 Å². The first-order valence-corrected chi connectivity index (χ1v) is 10.3. The third kappa shape index (κ3) is 4.58. The van der Waals surface area contributed by atoms with E-state index in [4.69, 9.17) is 0 Å². The molecule has 1 aliphatic heterocycles. The first kappa shape index (κ1) is 19.4. The van der Waals surface area contributed by atoms with Gasteiger partial charge in [-0.3, -0.25) is 4.79 Å². The first-order chi connectivity index (χ1) is 14.1. The molecular weight excluding hydrogens is 369 g/mol. The van der Waals surface area contributed by atoms with Crippen LogP contribution in [0.25, 0.3) is 0 Å². The molecule has 6 heteroatoms. The van der Waals surface area contributed by atoms with Crippen molar-refractivity contribution in [2.75, 3.05) is 17.2 Å². The molecule has 0 unspecified atom stereocenters. The molecule has 5 nitrogen and oxygen atoms in total. The van der Waals surface area contributed by atoms with Crippen LogP contribution in [0, 0.1) is 11.7 Å². The molecule has 0 atom stereocenters. The summed E-state index contributed by atoms with van der Waals surface area (Å²) in [6.45, 7) is 1.18. The average Bonchev–Trinajstić information content (AvgIpc) is 2.76. The van der Waals surface area contributed by atoms with Gasteiger partial charge in [-0.2, -0.15) is 0 Å². The summed E-state index contributed by atoms with van der Waals surface area (Å²) in [5.41, 5.74) is 3.00. The van der Waals surface area contributed by atoms with Gasteiger partial charge in [-0.05, 0) is 48.6 Å². The minimum absolute atomic E-state index is 0.0604. The Kier molecular flexibility index (Phi) is 5.79. The summed E-state index contributed by atoms with van der Waals surface area (Å²) >= 11 is 0. The summed E-state index contributed by atoms with van der Waals surface area (Å²) in [5.74, 6) is -0.700.